The molecular formula is C10H13BrO. The van der Waals surface area contributed by atoms with E-state index >= 15 is 0 Å². The molecule has 1 atom stereocenters. The van der Waals surface area contributed by atoms with Crippen molar-refractivity contribution >= 4 is 15.9 Å². The maximum absolute atomic E-state index is 9.56. The third-order valence-corrected chi connectivity index (χ3v) is 2.29. The molecule has 1 N–H and O–H groups in total. The van der Waals surface area contributed by atoms with Gasteiger partial charge in [0.25, 0.3) is 0 Å². The van der Waals surface area contributed by atoms with Crippen LogP contribution in [0.25, 0.3) is 0 Å². The van der Waals surface area contributed by atoms with E-state index in [4.69, 9.17) is 0 Å². The van der Waals surface area contributed by atoms with Gasteiger partial charge in [-0.25, -0.2) is 0 Å². The Morgan fingerprint density at radius 1 is 1.42 bits per heavy atom. The van der Waals surface area contributed by atoms with Gasteiger partial charge in [-0.2, -0.15) is 0 Å². The lowest BCUT2D eigenvalue weighted by Gasteiger charge is -2.09. The van der Waals surface area contributed by atoms with E-state index in [1.807, 2.05) is 32.0 Å². The molecule has 0 saturated carbocycles. The summed E-state index contributed by atoms with van der Waals surface area (Å²) in [5, 5.41) is 9.56. The van der Waals surface area contributed by atoms with Gasteiger partial charge in [-0.3, -0.25) is 0 Å². The summed E-state index contributed by atoms with van der Waals surface area (Å²) < 4.78 is 1.03. The van der Waals surface area contributed by atoms with Gasteiger partial charge in [-0.1, -0.05) is 28.9 Å². The third kappa shape index (κ3) is 2.32. The number of hydrogen-bond donors (Lipinski definition) is 1. The van der Waals surface area contributed by atoms with Crippen molar-refractivity contribution in [3.05, 3.63) is 33.8 Å². The van der Waals surface area contributed by atoms with Gasteiger partial charge < -0.3 is 5.11 Å². The normalized spacial score (nSPS) is 13.0. The minimum Gasteiger partial charge on any atom is -0.388 e. The lowest BCUT2D eigenvalue weighted by Crippen LogP contribution is -1.95. The van der Waals surface area contributed by atoms with Gasteiger partial charge in [-0.15, -0.1) is 0 Å². The van der Waals surface area contributed by atoms with Crippen molar-refractivity contribution in [2.75, 3.05) is 0 Å². The van der Waals surface area contributed by atoms with Crippen molar-refractivity contribution in [3.8, 4) is 0 Å². The second-order valence-corrected chi connectivity index (χ2v) is 3.90. The van der Waals surface area contributed by atoms with Crippen LogP contribution in [-0.4, -0.2) is 5.11 Å². The van der Waals surface area contributed by atoms with Crippen LogP contribution in [0.15, 0.2) is 22.7 Å². The number of halogens is 1. The topological polar surface area (TPSA) is 20.2 Å². The molecule has 0 heterocycles. The van der Waals surface area contributed by atoms with Gasteiger partial charge in [0.05, 0.1) is 6.10 Å². The molecule has 66 valence electrons. The maximum atomic E-state index is 9.56. The van der Waals surface area contributed by atoms with Crippen LogP contribution >= 0.6 is 15.9 Å². The zero-order chi connectivity index (χ0) is 9.14. The van der Waals surface area contributed by atoms with Crippen molar-refractivity contribution < 1.29 is 5.11 Å². The van der Waals surface area contributed by atoms with E-state index in [0.29, 0.717) is 0 Å². The zero-order valence-electron chi connectivity index (χ0n) is 7.34. The lowest BCUT2D eigenvalue weighted by atomic mass is 10.1. The molecule has 0 aliphatic rings. The first-order chi connectivity index (χ1) is 5.63. The SMILES string of the molecule is CCC(O)c1cc(C)cc(Br)c1. The Morgan fingerprint density at radius 3 is 2.58 bits per heavy atom. The number of rotatable bonds is 2. The predicted octanol–water partition coefficient (Wildman–Crippen LogP) is 3.20. The molecule has 12 heavy (non-hydrogen) atoms. The van der Waals surface area contributed by atoms with Crippen LogP contribution in [-0.2, 0) is 0 Å². The van der Waals surface area contributed by atoms with Crippen LogP contribution in [0.4, 0.5) is 0 Å². The molecule has 2 heteroatoms. The molecule has 0 radical (unpaired) electrons. The highest BCUT2D eigenvalue weighted by Gasteiger charge is 2.05. The number of aliphatic hydroxyl groups is 1. The van der Waals surface area contributed by atoms with Gasteiger partial charge >= 0.3 is 0 Å². The number of aliphatic hydroxyl groups excluding tert-OH is 1. The molecule has 0 saturated heterocycles. The van der Waals surface area contributed by atoms with Crippen LogP contribution in [0.1, 0.15) is 30.6 Å². The first kappa shape index (κ1) is 9.75. The molecule has 0 aromatic heterocycles. The smallest absolute Gasteiger partial charge is 0.0787 e. The Hall–Kier alpha value is -0.340. The second kappa shape index (κ2) is 4.06. The Labute approximate surface area is 81.6 Å². The predicted molar refractivity (Wildman–Crippen MR) is 54.1 cm³/mol. The van der Waals surface area contributed by atoms with E-state index in [-0.39, 0.29) is 6.10 Å². The minimum atomic E-state index is -0.332. The van der Waals surface area contributed by atoms with Gasteiger partial charge in [0.15, 0.2) is 0 Å². The van der Waals surface area contributed by atoms with Gasteiger partial charge in [0.2, 0.25) is 0 Å². The Morgan fingerprint density at radius 2 is 2.08 bits per heavy atom. The summed E-state index contributed by atoms with van der Waals surface area (Å²) in [7, 11) is 0. The molecule has 1 aromatic carbocycles. The summed E-state index contributed by atoms with van der Waals surface area (Å²) in [5.74, 6) is 0. The molecule has 0 spiro atoms. The van der Waals surface area contributed by atoms with E-state index in [1.54, 1.807) is 0 Å². The lowest BCUT2D eigenvalue weighted by molar-refractivity contribution is 0.173. The highest BCUT2D eigenvalue weighted by atomic mass is 79.9. The Kier molecular flexibility index (Phi) is 3.29. The Balaban J connectivity index is 3.00. The van der Waals surface area contributed by atoms with Crippen LogP contribution in [0, 0.1) is 6.92 Å². The molecule has 1 nitrogen and oxygen atoms in total. The molecule has 1 unspecified atom stereocenters. The van der Waals surface area contributed by atoms with E-state index in [1.165, 1.54) is 5.56 Å². The first-order valence-corrected chi connectivity index (χ1v) is 4.88. The monoisotopic (exact) mass is 228 g/mol. The van der Waals surface area contributed by atoms with Crippen molar-refractivity contribution in [3.63, 3.8) is 0 Å². The molecule has 0 amide bonds. The van der Waals surface area contributed by atoms with Gasteiger partial charge in [-0.05, 0) is 36.6 Å². The third-order valence-electron chi connectivity index (χ3n) is 1.84. The van der Waals surface area contributed by atoms with E-state index < -0.39 is 0 Å². The summed E-state index contributed by atoms with van der Waals surface area (Å²) in [6.07, 6.45) is 0.428. The molecule has 0 aliphatic heterocycles. The largest absolute Gasteiger partial charge is 0.388 e. The summed E-state index contributed by atoms with van der Waals surface area (Å²) in [5.41, 5.74) is 2.16. The standard InChI is InChI=1S/C10H13BrO/c1-3-10(12)8-4-7(2)5-9(11)6-8/h4-6,10,12H,3H2,1-2H3. The zero-order valence-corrected chi connectivity index (χ0v) is 8.93. The highest BCUT2D eigenvalue weighted by molar-refractivity contribution is 9.10. The molecule has 0 aliphatic carbocycles. The molecule has 0 fully saturated rings. The van der Waals surface area contributed by atoms with Crippen LogP contribution in [0.2, 0.25) is 0 Å². The van der Waals surface area contributed by atoms with Crippen LogP contribution < -0.4 is 0 Å². The number of aryl methyl sites for hydroxylation is 1. The molecule has 0 bridgehead atoms. The minimum absolute atomic E-state index is 0.332. The van der Waals surface area contributed by atoms with E-state index in [9.17, 15) is 5.11 Å². The second-order valence-electron chi connectivity index (χ2n) is 2.99. The van der Waals surface area contributed by atoms with Crippen molar-refractivity contribution in [2.24, 2.45) is 0 Å². The number of benzene rings is 1. The summed E-state index contributed by atoms with van der Waals surface area (Å²) in [4.78, 5) is 0. The maximum Gasteiger partial charge on any atom is 0.0787 e. The van der Waals surface area contributed by atoms with Gasteiger partial charge in [0, 0.05) is 4.47 Å². The number of hydrogen-bond acceptors (Lipinski definition) is 1. The summed E-state index contributed by atoms with van der Waals surface area (Å²) >= 11 is 3.40. The van der Waals surface area contributed by atoms with Crippen LogP contribution in [0.5, 0.6) is 0 Å². The fraction of sp³-hybridized carbons (Fsp3) is 0.400. The summed E-state index contributed by atoms with van der Waals surface area (Å²) in [6.45, 7) is 4.00. The van der Waals surface area contributed by atoms with Crippen molar-refractivity contribution in [2.45, 2.75) is 26.4 Å². The van der Waals surface area contributed by atoms with E-state index in [0.717, 1.165) is 16.5 Å². The molecule has 1 aromatic rings. The van der Waals surface area contributed by atoms with E-state index in [2.05, 4.69) is 15.9 Å². The first-order valence-electron chi connectivity index (χ1n) is 4.08. The average molecular weight is 229 g/mol. The Bertz CT molecular complexity index is 250. The molecular weight excluding hydrogens is 216 g/mol. The average Bonchev–Trinajstić information content (AvgIpc) is 2.01. The fourth-order valence-corrected chi connectivity index (χ4v) is 1.82. The quantitative estimate of drug-likeness (QED) is 0.825. The summed E-state index contributed by atoms with van der Waals surface area (Å²) in [6, 6.07) is 6.01. The highest BCUT2D eigenvalue weighted by Crippen LogP contribution is 2.22. The van der Waals surface area contributed by atoms with Crippen LogP contribution in [0.3, 0.4) is 0 Å². The van der Waals surface area contributed by atoms with Gasteiger partial charge in [0.1, 0.15) is 0 Å². The van der Waals surface area contributed by atoms with Crippen molar-refractivity contribution in [1.82, 2.24) is 0 Å². The fourth-order valence-electron chi connectivity index (χ4n) is 1.19. The molecule has 1 rings (SSSR count). The van der Waals surface area contributed by atoms with Crippen molar-refractivity contribution in [1.29, 1.82) is 0 Å².